The van der Waals surface area contributed by atoms with Crippen LogP contribution in [-0.2, 0) is 9.84 Å². The minimum Gasteiger partial charge on any atom is -0.488 e. The van der Waals surface area contributed by atoms with Crippen LogP contribution >= 0.6 is 0 Å². The number of sulfone groups is 1. The van der Waals surface area contributed by atoms with Gasteiger partial charge in [-0.05, 0) is 35.9 Å². The second kappa shape index (κ2) is 6.11. The van der Waals surface area contributed by atoms with Crippen molar-refractivity contribution in [3.8, 4) is 11.8 Å². The molecule has 1 aliphatic rings. The first kappa shape index (κ1) is 15.1. The highest BCUT2D eigenvalue weighted by Crippen LogP contribution is 2.28. The van der Waals surface area contributed by atoms with E-state index in [0.29, 0.717) is 5.57 Å². The Labute approximate surface area is 134 Å². The monoisotopic (exact) mass is 323 g/mol. The summed E-state index contributed by atoms with van der Waals surface area (Å²) in [5.74, 6) is 0.745. The zero-order valence-corrected chi connectivity index (χ0v) is 13.0. The number of allylic oxidation sites excluding steroid dienone is 1. The number of nitriles is 1. The van der Waals surface area contributed by atoms with Gasteiger partial charge in [-0.2, -0.15) is 5.26 Å². The average Bonchev–Trinajstić information content (AvgIpc) is 2.60. The standard InChI is InChI=1S/C18H13NO3S/c19-12-17(23(20,21)16-7-2-1-3-8-16)11-14-10-15-6-4-5-9-18(15)22-13-14/h1-11H,13H2/b17-11+. The van der Waals surface area contributed by atoms with Crippen LogP contribution in [0, 0.1) is 11.3 Å². The fourth-order valence-electron chi connectivity index (χ4n) is 2.28. The lowest BCUT2D eigenvalue weighted by atomic mass is 10.1. The van der Waals surface area contributed by atoms with E-state index in [9.17, 15) is 13.7 Å². The molecule has 1 heterocycles. The number of benzene rings is 2. The SMILES string of the molecule is N#C/C(=C\C1=Cc2ccccc2OC1)S(=O)(=O)c1ccccc1. The van der Waals surface area contributed by atoms with Gasteiger partial charge in [0.05, 0.1) is 4.90 Å². The van der Waals surface area contributed by atoms with Crippen LogP contribution in [0.2, 0.25) is 0 Å². The predicted octanol–water partition coefficient (Wildman–Crippen LogP) is 3.34. The van der Waals surface area contributed by atoms with Crippen molar-refractivity contribution >= 4 is 15.9 Å². The quantitative estimate of drug-likeness (QED) is 0.813. The minimum atomic E-state index is -3.82. The maximum Gasteiger partial charge on any atom is 0.216 e. The lowest BCUT2D eigenvalue weighted by Crippen LogP contribution is -2.08. The Kier molecular flexibility index (Phi) is 4.00. The molecule has 23 heavy (non-hydrogen) atoms. The van der Waals surface area contributed by atoms with Crippen molar-refractivity contribution in [3.63, 3.8) is 0 Å². The molecule has 4 nitrogen and oxygen atoms in total. The molecular weight excluding hydrogens is 310 g/mol. The van der Waals surface area contributed by atoms with E-state index in [-0.39, 0.29) is 16.4 Å². The summed E-state index contributed by atoms with van der Waals surface area (Å²) in [6.07, 6.45) is 3.20. The smallest absolute Gasteiger partial charge is 0.216 e. The van der Waals surface area contributed by atoms with Gasteiger partial charge in [-0.15, -0.1) is 0 Å². The summed E-state index contributed by atoms with van der Waals surface area (Å²) in [6, 6.07) is 17.2. The molecule has 0 unspecified atom stereocenters. The van der Waals surface area contributed by atoms with E-state index in [1.54, 1.807) is 24.3 Å². The van der Waals surface area contributed by atoms with E-state index in [1.807, 2.05) is 30.3 Å². The summed E-state index contributed by atoms with van der Waals surface area (Å²) in [6.45, 7) is 0.229. The van der Waals surface area contributed by atoms with Gasteiger partial charge >= 0.3 is 0 Å². The van der Waals surface area contributed by atoms with Crippen LogP contribution in [0.4, 0.5) is 0 Å². The van der Waals surface area contributed by atoms with Crippen molar-refractivity contribution in [1.29, 1.82) is 5.26 Å². The lowest BCUT2D eigenvalue weighted by molar-refractivity contribution is 0.351. The van der Waals surface area contributed by atoms with Crippen LogP contribution in [-0.4, -0.2) is 15.0 Å². The summed E-state index contributed by atoms with van der Waals surface area (Å²) in [5, 5.41) is 9.28. The van der Waals surface area contributed by atoms with Gasteiger partial charge < -0.3 is 4.74 Å². The van der Waals surface area contributed by atoms with Crippen LogP contribution in [0.25, 0.3) is 6.08 Å². The predicted molar refractivity (Wildman–Crippen MR) is 87.2 cm³/mol. The zero-order chi connectivity index (χ0) is 16.3. The Morgan fingerprint density at radius 1 is 1.09 bits per heavy atom. The van der Waals surface area contributed by atoms with Crippen molar-refractivity contribution in [3.05, 3.63) is 76.7 Å². The van der Waals surface area contributed by atoms with Gasteiger partial charge in [0.25, 0.3) is 0 Å². The molecule has 0 spiro atoms. The minimum absolute atomic E-state index is 0.102. The molecule has 0 saturated heterocycles. The maximum absolute atomic E-state index is 12.5. The van der Waals surface area contributed by atoms with Crippen molar-refractivity contribution in [2.45, 2.75) is 4.90 Å². The Balaban J connectivity index is 2.01. The third-order valence-corrected chi connectivity index (χ3v) is 5.10. The van der Waals surface area contributed by atoms with Crippen LogP contribution in [0.3, 0.4) is 0 Å². The van der Waals surface area contributed by atoms with Crippen LogP contribution < -0.4 is 4.74 Å². The van der Waals surface area contributed by atoms with E-state index in [4.69, 9.17) is 4.74 Å². The van der Waals surface area contributed by atoms with E-state index in [1.165, 1.54) is 18.2 Å². The molecule has 2 aromatic carbocycles. The number of ether oxygens (including phenoxy) is 1. The fourth-order valence-corrected chi connectivity index (χ4v) is 3.48. The molecule has 0 saturated carbocycles. The Morgan fingerprint density at radius 3 is 2.52 bits per heavy atom. The van der Waals surface area contributed by atoms with Crippen molar-refractivity contribution in [2.75, 3.05) is 6.61 Å². The third-order valence-electron chi connectivity index (χ3n) is 3.42. The van der Waals surface area contributed by atoms with E-state index < -0.39 is 9.84 Å². The molecule has 5 heteroatoms. The molecule has 0 atom stereocenters. The molecule has 2 aromatic rings. The van der Waals surface area contributed by atoms with E-state index in [2.05, 4.69) is 0 Å². The molecule has 0 aromatic heterocycles. The number of rotatable bonds is 3. The number of para-hydroxylation sites is 1. The Bertz CT molecular complexity index is 936. The first-order valence-electron chi connectivity index (χ1n) is 6.95. The molecular formula is C18H13NO3S. The van der Waals surface area contributed by atoms with Crippen LogP contribution in [0.5, 0.6) is 5.75 Å². The average molecular weight is 323 g/mol. The highest BCUT2D eigenvalue weighted by atomic mass is 32.2. The summed E-state index contributed by atoms with van der Waals surface area (Å²) in [7, 11) is -3.82. The molecule has 1 aliphatic heterocycles. The normalized spacial score (nSPS) is 14.2. The van der Waals surface area contributed by atoms with Gasteiger partial charge in [-0.25, -0.2) is 8.42 Å². The molecule has 3 rings (SSSR count). The van der Waals surface area contributed by atoms with Crippen LogP contribution in [0.15, 0.2) is 76.0 Å². The molecule has 0 aliphatic carbocycles. The lowest BCUT2D eigenvalue weighted by Gasteiger charge is -2.16. The third kappa shape index (κ3) is 3.03. The largest absolute Gasteiger partial charge is 0.488 e. The molecule has 114 valence electrons. The molecule has 0 N–H and O–H groups in total. The number of nitrogens with zero attached hydrogens (tertiary/aromatic N) is 1. The van der Waals surface area contributed by atoms with Gasteiger partial charge in [-0.1, -0.05) is 36.4 Å². The summed E-state index contributed by atoms with van der Waals surface area (Å²) in [4.78, 5) is -0.191. The second-order valence-electron chi connectivity index (χ2n) is 4.98. The van der Waals surface area contributed by atoms with Gasteiger partial charge in [0.2, 0.25) is 9.84 Å². The molecule has 0 fully saturated rings. The Morgan fingerprint density at radius 2 is 1.78 bits per heavy atom. The highest BCUT2D eigenvalue weighted by molar-refractivity contribution is 7.95. The number of fused-ring (bicyclic) bond motifs is 1. The fraction of sp³-hybridized carbons (Fsp3) is 0.0556. The van der Waals surface area contributed by atoms with Gasteiger partial charge in [-0.3, -0.25) is 0 Å². The molecule has 0 radical (unpaired) electrons. The van der Waals surface area contributed by atoms with Gasteiger partial charge in [0.1, 0.15) is 23.3 Å². The molecule has 0 amide bonds. The number of hydrogen-bond acceptors (Lipinski definition) is 4. The van der Waals surface area contributed by atoms with E-state index >= 15 is 0 Å². The second-order valence-corrected chi connectivity index (χ2v) is 6.90. The summed E-state index contributed by atoms with van der Waals surface area (Å²) < 4.78 is 30.6. The van der Waals surface area contributed by atoms with Gasteiger partial charge in [0, 0.05) is 5.56 Å². The highest BCUT2D eigenvalue weighted by Gasteiger charge is 2.21. The number of hydrogen-bond donors (Lipinski definition) is 0. The van der Waals surface area contributed by atoms with Crippen molar-refractivity contribution < 1.29 is 13.2 Å². The van der Waals surface area contributed by atoms with Gasteiger partial charge in [0.15, 0.2) is 0 Å². The topological polar surface area (TPSA) is 67.2 Å². The summed E-state index contributed by atoms with van der Waals surface area (Å²) >= 11 is 0. The maximum atomic E-state index is 12.5. The van der Waals surface area contributed by atoms with Crippen LogP contribution in [0.1, 0.15) is 5.56 Å². The zero-order valence-electron chi connectivity index (χ0n) is 12.1. The van der Waals surface area contributed by atoms with Crippen molar-refractivity contribution in [1.82, 2.24) is 0 Å². The van der Waals surface area contributed by atoms with Crippen molar-refractivity contribution in [2.24, 2.45) is 0 Å². The van der Waals surface area contributed by atoms with E-state index in [0.717, 1.165) is 11.3 Å². The summed E-state index contributed by atoms with van der Waals surface area (Å²) in [5.41, 5.74) is 1.50. The first-order chi connectivity index (χ1) is 11.1. The molecule has 0 bridgehead atoms. The Hall–Kier alpha value is -2.84. The first-order valence-corrected chi connectivity index (χ1v) is 8.44.